The van der Waals surface area contributed by atoms with Crippen LogP contribution in [-0.4, -0.2) is 0 Å². The van der Waals surface area contributed by atoms with Gasteiger partial charge in [0.15, 0.2) is 0 Å². The van der Waals surface area contributed by atoms with Crippen molar-refractivity contribution in [3.63, 3.8) is 0 Å². The van der Waals surface area contributed by atoms with Crippen molar-refractivity contribution in [1.29, 1.82) is 0 Å². The van der Waals surface area contributed by atoms with Gasteiger partial charge in [-0.15, -0.1) is 11.3 Å². The van der Waals surface area contributed by atoms with Crippen LogP contribution in [0.2, 0.25) is 0 Å². The second-order valence-corrected chi connectivity index (χ2v) is 8.76. The lowest BCUT2D eigenvalue weighted by Gasteiger charge is -2.19. The maximum Gasteiger partial charge on any atom is 0.0731 e. The molecule has 0 aliphatic rings. The number of hydrogen-bond donors (Lipinski definition) is 1. The van der Waals surface area contributed by atoms with Crippen molar-refractivity contribution in [1.82, 2.24) is 0 Å². The minimum atomic E-state index is 0.0745. The molecule has 3 heteroatoms. The summed E-state index contributed by atoms with van der Waals surface area (Å²) in [7, 11) is 0. The maximum atomic E-state index is 6.32. The first-order chi connectivity index (χ1) is 9.27. The van der Waals surface area contributed by atoms with Gasteiger partial charge in [0, 0.05) is 10.9 Å². The van der Waals surface area contributed by atoms with Crippen molar-refractivity contribution in [3.8, 4) is 0 Å². The normalized spacial score (nSPS) is 13.5. The standard InChI is InChI=1S/C17H22BrNS/c1-11-9-15(20-16(11)18)14(19)10-12-5-7-13(8-6-12)17(2,3)4/h5-9,14H,10,19H2,1-4H3. The molecule has 0 spiro atoms. The number of hydrogen-bond acceptors (Lipinski definition) is 2. The average molecular weight is 352 g/mol. The molecule has 2 rings (SSSR count). The fourth-order valence-electron chi connectivity index (χ4n) is 2.16. The van der Waals surface area contributed by atoms with E-state index in [-0.39, 0.29) is 11.5 Å². The highest BCUT2D eigenvalue weighted by Crippen LogP contribution is 2.32. The third-order valence-electron chi connectivity index (χ3n) is 3.52. The number of halogens is 1. The summed E-state index contributed by atoms with van der Waals surface area (Å²) >= 11 is 5.30. The fraction of sp³-hybridized carbons (Fsp3) is 0.412. The van der Waals surface area contributed by atoms with Gasteiger partial charge in [0.25, 0.3) is 0 Å². The van der Waals surface area contributed by atoms with E-state index in [1.165, 1.54) is 25.4 Å². The number of rotatable bonds is 3. The molecule has 0 bridgehead atoms. The van der Waals surface area contributed by atoms with Gasteiger partial charge in [-0.25, -0.2) is 0 Å². The Labute approximate surface area is 134 Å². The smallest absolute Gasteiger partial charge is 0.0731 e. The van der Waals surface area contributed by atoms with Crippen molar-refractivity contribution in [2.75, 3.05) is 0 Å². The molecule has 0 radical (unpaired) electrons. The zero-order valence-electron chi connectivity index (χ0n) is 12.5. The molecule has 0 aliphatic carbocycles. The summed E-state index contributed by atoms with van der Waals surface area (Å²) in [6.45, 7) is 8.81. The Morgan fingerprint density at radius 2 is 1.80 bits per heavy atom. The third kappa shape index (κ3) is 3.72. The molecule has 0 saturated heterocycles. The lowest BCUT2D eigenvalue weighted by Crippen LogP contribution is -2.13. The Bertz CT molecular complexity index is 559. The molecule has 1 nitrogen and oxygen atoms in total. The Kier molecular flexibility index (Phi) is 4.73. The van der Waals surface area contributed by atoms with E-state index in [2.05, 4.69) is 74.0 Å². The monoisotopic (exact) mass is 351 g/mol. The summed E-state index contributed by atoms with van der Waals surface area (Å²) in [5.41, 5.74) is 10.5. The first-order valence-corrected chi connectivity index (χ1v) is 8.49. The SMILES string of the molecule is Cc1cc(C(N)Cc2ccc(C(C)(C)C)cc2)sc1Br. The number of benzene rings is 1. The van der Waals surface area contributed by atoms with Crippen molar-refractivity contribution >= 4 is 27.3 Å². The zero-order chi connectivity index (χ0) is 14.9. The minimum Gasteiger partial charge on any atom is -0.323 e. The molecule has 1 atom stereocenters. The Balaban J connectivity index is 2.10. The Morgan fingerprint density at radius 3 is 2.25 bits per heavy atom. The summed E-state index contributed by atoms with van der Waals surface area (Å²) in [6.07, 6.45) is 0.886. The molecule has 0 saturated carbocycles. The molecule has 108 valence electrons. The van der Waals surface area contributed by atoms with Gasteiger partial charge in [-0.05, 0) is 57.4 Å². The van der Waals surface area contributed by atoms with Crippen LogP contribution in [0.5, 0.6) is 0 Å². The van der Waals surface area contributed by atoms with Gasteiger partial charge in [-0.1, -0.05) is 45.0 Å². The Hall–Kier alpha value is -0.640. The van der Waals surface area contributed by atoms with Crippen molar-refractivity contribution < 1.29 is 0 Å². The summed E-state index contributed by atoms with van der Waals surface area (Å²) in [6, 6.07) is 11.1. The predicted octanol–water partition coefficient (Wildman–Crippen LogP) is 5.36. The quantitative estimate of drug-likeness (QED) is 0.791. The molecule has 0 fully saturated rings. The Morgan fingerprint density at radius 1 is 1.20 bits per heavy atom. The molecular weight excluding hydrogens is 330 g/mol. The van der Waals surface area contributed by atoms with Gasteiger partial charge >= 0.3 is 0 Å². The lowest BCUT2D eigenvalue weighted by molar-refractivity contribution is 0.589. The van der Waals surface area contributed by atoms with Gasteiger partial charge < -0.3 is 5.73 Å². The van der Waals surface area contributed by atoms with E-state index >= 15 is 0 Å². The maximum absolute atomic E-state index is 6.32. The fourth-order valence-corrected chi connectivity index (χ4v) is 3.73. The summed E-state index contributed by atoms with van der Waals surface area (Å²) in [4.78, 5) is 1.24. The van der Waals surface area contributed by atoms with Crippen LogP contribution < -0.4 is 5.73 Å². The van der Waals surface area contributed by atoms with Crippen molar-refractivity contribution in [3.05, 3.63) is 55.7 Å². The van der Waals surface area contributed by atoms with E-state index in [0.29, 0.717) is 0 Å². The van der Waals surface area contributed by atoms with E-state index in [4.69, 9.17) is 5.73 Å². The largest absolute Gasteiger partial charge is 0.323 e. The van der Waals surface area contributed by atoms with Crippen molar-refractivity contribution in [2.24, 2.45) is 5.73 Å². The summed E-state index contributed by atoms with van der Waals surface area (Å²) in [5, 5.41) is 0. The highest BCUT2D eigenvalue weighted by atomic mass is 79.9. The number of nitrogens with two attached hydrogens (primary N) is 1. The molecule has 1 unspecified atom stereocenters. The van der Waals surface area contributed by atoms with Crippen molar-refractivity contribution in [2.45, 2.75) is 45.6 Å². The van der Waals surface area contributed by atoms with E-state index in [1.54, 1.807) is 11.3 Å². The molecule has 0 aliphatic heterocycles. The van der Waals surface area contributed by atoms with Gasteiger partial charge in [-0.2, -0.15) is 0 Å². The highest BCUT2D eigenvalue weighted by Gasteiger charge is 2.15. The third-order valence-corrected chi connectivity index (χ3v) is 5.79. The van der Waals surface area contributed by atoms with E-state index < -0.39 is 0 Å². The van der Waals surface area contributed by atoms with E-state index in [9.17, 15) is 0 Å². The molecule has 2 aromatic rings. The van der Waals surface area contributed by atoms with Crippen LogP contribution in [-0.2, 0) is 11.8 Å². The van der Waals surface area contributed by atoms with Gasteiger partial charge in [0.2, 0.25) is 0 Å². The van der Waals surface area contributed by atoms with Gasteiger partial charge in [0.05, 0.1) is 3.79 Å². The first-order valence-electron chi connectivity index (χ1n) is 6.88. The zero-order valence-corrected chi connectivity index (χ0v) is 14.9. The molecule has 1 aromatic heterocycles. The second-order valence-electron chi connectivity index (χ2n) is 6.36. The van der Waals surface area contributed by atoms with Crippen LogP contribution in [0.3, 0.4) is 0 Å². The minimum absolute atomic E-state index is 0.0745. The van der Waals surface area contributed by atoms with Crippen LogP contribution in [0.25, 0.3) is 0 Å². The molecule has 2 N–H and O–H groups in total. The van der Waals surface area contributed by atoms with Gasteiger partial charge in [-0.3, -0.25) is 0 Å². The van der Waals surface area contributed by atoms with Crippen LogP contribution >= 0.6 is 27.3 Å². The van der Waals surface area contributed by atoms with Crippen LogP contribution in [0.1, 0.15) is 48.4 Å². The lowest BCUT2D eigenvalue weighted by atomic mass is 9.86. The summed E-state index contributed by atoms with van der Waals surface area (Å²) in [5.74, 6) is 0. The van der Waals surface area contributed by atoms with E-state index in [0.717, 1.165) is 6.42 Å². The van der Waals surface area contributed by atoms with Crippen LogP contribution in [0, 0.1) is 6.92 Å². The molecule has 0 amide bonds. The van der Waals surface area contributed by atoms with Crippen LogP contribution in [0.15, 0.2) is 34.1 Å². The molecular formula is C17H22BrNS. The predicted molar refractivity (Wildman–Crippen MR) is 92.5 cm³/mol. The second kappa shape index (κ2) is 6.00. The number of aryl methyl sites for hydroxylation is 1. The van der Waals surface area contributed by atoms with Gasteiger partial charge in [0.1, 0.15) is 0 Å². The molecule has 1 heterocycles. The topological polar surface area (TPSA) is 26.0 Å². The highest BCUT2D eigenvalue weighted by molar-refractivity contribution is 9.11. The number of thiophene rings is 1. The summed E-state index contributed by atoms with van der Waals surface area (Å²) < 4.78 is 1.19. The molecule has 20 heavy (non-hydrogen) atoms. The first kappa shape index (κ1) is 15.7. The van der Waals surface area contributed by atoms with E-state index in [1.807, 2.05) is 0 Å². The van der Waals surface area contributed by atoms with Crippen LogP contribution in [0.4, 0.5) is 0 Å². The molecule has 1 aromatic carbocycles. The average Bonchev–Trinajstić information content (AvgIpc) is 2.69.